The molecular weight excluding hydrogens is 497 g/mol. The van der Waals surface area contributed by atoms with Crippen LogP contribution >= 0.6 is 23.7 Å². The minimum absolute atomic E-state index is 0. The van der Waals surface area contributed by atoms with Crippen LogP contribution in [0.15, 0.2) is 30.3 Å². The van der Waals surface area contributed by atoms with Gasteiger partial charge >= 0.3 is 11.9 Å². The van der Waals surface area contributed by atoms with Gasteiger partial charge < -0.3 is 20.5 Å². The largest absolute Gasteiger partial charge is 0.480 e. The molecule has 1 aliphatic rings. The summed E-state index contributed by atoms with van der Waals surface area (Å²) in [5.74, 6) is -3.28. The van der Waals surface area contributed by atoms with Gasteiger partial charge in [0.25, 0.3) is 0 Å². The Labute approximate surface area is 213 Å². The number of nitrogens with one attached hydrogen (secondary N) is 1. The van der Waals surface area contributed by atoms with Crippen LogP contribution in [0, 0.1) is 16.6 Å². The number of likely N-dealkylation sites (tertiary alicyclic amines) is 1. The molecule has 0 unspecified atom stereocenters. The molecule has 35 heavy (non-hydrogen) atoms. The Morgan fingerprint density at radius 3 is 2.51 bits per heavy atom. The van der Waals surface area contributed by atoms with Crippen LogP contribution in [0.5, 0.6) is 5.75 Å². The number of thiophene rings is 1. The van der Waals surface area contributed by atoms with E-state index in [2.05, 4.69) is 0 Å². The molecule has 1 aromatic heterocycles. The number of carboxylic acid groups (broad SMARTS) is 1. The molecule has 8 nitrogen and oxygen atoms in total. The third kappa shape index (κ3) is 5.99. The van der Waals surface area contributed by atoms with Crippen LogP contribution in [0.2, 0.25) is 0 Å². The highest BCUT2D eigenvalue weighted by Crippen LogP contribution is 2.38. The number of carbonyl (C=O) groups is 3. The number of carbonyl (C=O) groups excluding carboxylic acids is 2. The molecule has 3 rings (SSSR count). The zero-order valence-electron chi connectivity index (χ0n) is 19.5. The van der Waals surface area contributed by atoms with Gasteiger partial charge in [-0.3, -0.25) is 10.2 Å². The van der Waals surface area contributed by atoms with E-state index in [1.807, 2.05) is 13.8 Å². The van der Waals surface area contributed by atoms with Crippen molar-refractivity contribution >= 4 is 47.4 Å². The highest BCUT2D eigenvalue weighted by molar-refractivity contribution is 7.14. The van der Waals surface area contributed by atoms with Gasteiger partial charge in [-0.15, -0.1) is 23.7 Å². The van der Waals surface area contributed by atoms with E-state index in [1.54, 1.807) is 12.1 Å². The minimum Gasteiger partial charge on any atom is -0.480 e. The molecule has 0 spiro atoms. The molecule has 0 radical (unpaired) electrons. The van der Waals surface area contributed by atoms with Crippen molar-refractivity contribution in [1.82, 2.24) is 4.90 Å². The Morgan fingerprint density at radius 2 is 1.94 bits per heavy atom. The number of ether oxygens (including phenoxy) is 1. The molecule has 190 valence electrons. The van der Waals surface area contributed by atoms with Crippen molar-refractivity contribution in [3.63, 3.8) is 0 Å². The molecule has 4 N–H and O–H groups in total. The van der Waals surface area contributed by atoms with Gasteiger partial charge in [0.2, 0.25) is 5.91 Å². The van der Waals surface area contributed by atoms with E-state index in [1.165, 1.54) is 17.0 Å². The fourth-order valence-electron chi connectivity index (χ4n) is 4.27. The quantitative estimate of drug-likeness (QED) is 0.194. The van der Waals surface area contributed by atoms with Crippen LogP contribution in [0.25, 0.3) is 0 Å². The van der Waals surface area contributed by atoms with Crippen molar-refractivity contribution in [2.75, 3.05) is 6.54 Å². The first-order valence-electron chi connectivity index (χ1n) is 11.1. The maximum atomic E-state index is 14.2. The minimum atomic E-state index is -0.989. The molecule has 0 saturated carbocycles. The SMILES string of the molecule is CCC(CC)(Cc1ccc(C(=O)Oc2ccc(C(=N)N)cc2F)s1)C(=O)N1CCC[C@@H]1C(=O)O.Cl. The molecule has 1 aliphatic heterocycles. The number of amides is 1. The number of nitrogens with two attached hydrogens (primary N) is 1. The summed E-state index contributed by atoms with van der Waals surface area (Å²) in [6.07, 6.45) is 2.52. The van der Waals surface area contributed by atoms with Gasteiger partial charge in [-0.2, -0.15) is 0 Å². The summed E-state index contributed by atoms with van der Waals surface area (Å²) >= 11 is 1.16. The Morgan fingerprint density at radius 1 is 1.26 bits per heavy atom. The maximum absolute atomic E-state index is 14.2. The molecule has 1 atom stereocenters. The maximum Gasteiger partial charge on any atom is 0.353 e. The number of esters is 1. The number of aliphatic carboxylic acids is 1. The van der Waals surface area contributed by atoms with Gasteiger partial charge in [0, 0.05) is 17.0 Å². The van der Waals surface area contributed by atoms with Crippen LogP contribution in [0.4, 0.5) is 4.39 Å². The number of rotatable bonds is 9. The highest BCUT2D eigenvalue weighted by atomic mass is 35.5. The number of halogens is 2. The number of nitrogen functional groups attached to an aromatic ring is 1. The lowest BCUT2D eigenvalue weighted by Gasteiger charge is -2.35. The standard InChI is InChI=1S/C24H28FN3O5S.ClH/c1-3-24(4-2,23(32)28-11-5-6-17(28)21(29)30)13-15-8-10-19(34-15)22(31)33-18-9-7-14(20(26)27)12-16(18)25;/h7-10,12,17H,3-6,11,13H2,1-2H3,(H3,26,27)(H,29,30);1H/t17-;/m1./s1. The summed E-state index contributed by atoms with van der Waals surface area (Å²) in [7, 11) is 0. The second-order valence-corrected chi connectivity index (χ2v) is 9.54. The Bertz CT molecular complexity index is 1120. The summed E-state index contributed by atoms with van der Waals surface area (Å²) in [5, 5.41) is 16.8. The number of amidine groups is 1. The average Bonchev–Trinajstić information content (AvgIpc) is 3.48. The lowest BCUT2D eigenvalue weighted by Crippen LogP contribution is -2.49. The van der Waals surface area contributed by atoms with Gasteiger partial charge in [-0.05, 0) is 62.4 Å². The van der Waals surface area contributed by atoms with Crippen LogP contribution in [0.3, 0.4) is 0 Å². The number of nitrogens with zero attached hydrogens (tertiary/aromatic N) is 1. The number of benzene rings is 1. The third-order valence-electron chi connectivity index (χ3n) is 6.43. The Hall–Kier alpha value is -2.98. The van der Waals surface area contributed by atoms with Crippen molar-refractivity contribution in [1.29, 1.82) is 5.41 Å². The average molecular weight is 526 g/mol. The van der Waals surface area contributed by atoms with E-state index in [0.29, 0.717) is 38.6 Å². The van der Waals surface area contributed by atoms with E-state index < -0.39 is 29.2 Å². The highest BCUT2D eigenvalue weighted by Gasteiger charge is 2.44. The summed E-state index contributed by atoms with van der Waals surface area (Å²) in [4.78, 5) is 40.1. The number of hydrogen-bond acceptors (Lipinski definition) is 6. The molecule has 1 amide bonds. The molecule has 2 heterocycles. The summed E-state index contributed by atoms with van der Waals surface area (Å²) in [6, 6.07) is 6.16. The monoisotopic (exact) mass is 525 g/mol. The first-order valence-corrected chi connectivity index (χ1v) is 11.9. The van der Waals surface area contributed by atoms with Crippen molar-refractivity contribution < 1.29 is 28.6 Å². The van der Waals surface area contributed by atoms with Gasteiger partial charge in [-0.1, -0.05) is 13.8 Å². The molecule has 11 heteroatoms. The van der Waals surface area contributed by atoms with Gasteiger partial charge in [0.05, 0.1) is 5.41 Å². The summed E-state index contributed by atoms with van der Waals surface area (Å²) in [5.41, 5.74) is 4.74. The molecule has 1 aromatic carbocycles. The van der Waals surface area contributed by atoms with Crippen LogP contribution < -0.4 is 10.5 Å². The van der Waals surface area contributed by atoms with E-state index in [0.717, 1.165) is 22.3 Å². The summed E-state index contributed by atoms with van der Waals surface area (Å²) in [6.45, 7) is 4.24. The topological polar surface area (TPSA) is 134 Å². The summed E-state index contributed by atoms with van der Waals surface area (Å²) < 4.78 is 19.4. The van der Waals surface area contributed by atoms with Crippen molar-refractivity contribution in [3.8, 4) is 5.75 Å². The van der Waals surface area contributed by atoms with E-state index in [4.69, 9.17) is 15.9 Å². The smallest absolute Gasteiger partial charge is 0.353 e. The normalized spacial score (nSPS) is 15.4. The molecular formula is C24H29ClFN3O5S. The molecule has 1 fully saturated rings. The second kappa shape index (κ2) is 11.6. The number of hydrogen-bond donors (Lipinski definition) is 3. The van der Waals surface area contributed by atoms with E-state index >= 15 is 0 Å². The van der Waals surface area contributed by atoms with Crippen LogP contribution in [-0.4, -0.2) is 46.3 Å². The molecule has 0 aliphatic carbocycles. The molecule has 2 aromatic rings. The second-order valence-electron chi connectivity index (χ2n) is 8.37. The molecule has 1 saturated heterocycles. The fourth-order valence-corrected chi connectivity index (χ4v) is 5.29. The lowest BCUT2D eigenvalue weighted by molar-refractivity contribution is -0.153. The van der Waals surface area contributed by atoms with Gasteiger partial charge in [0.1, 0.15) is 16.8 Å². The van der Waals surface area contributed by atoms with Crippen molar-refractivity contribution in [3.05, 3.63) is 51.5 Å². The first-order chi connectivity index (χ1) is 16.1. The first kappa shape index (κ1) is 28.3. The van der Waals surface area contributed by atoms with Crippen molar-refractivity contribution in [2.24, 2.45) is 11.1 Å². The van der Waals surface area contributed by atoms with E-state index in [9.17, 15) is 23.9 Å². The van der Waals surface area contributed by atoms with Crippen LogP contribution in [0.1, 0.15) is 59.6 Å². The van der Waals surface area contributed by atoms with Crippen molar-refractivity contribution in [2.45, 2.75) is 52.0 Å². The van der Waals surface area contributed by atoms with Gasteiger partial charge in [-0.25, -0.2) is 14.0 Å². The lowest BCUT2D eigenvalue weighted by atomic mass is 9.77. The Balaban J connectivity index is 0.00000432. The molecule has 0 bridgehead atoms. The zero-order chi connectivity index (χ0) is 25.0. The number of carboxylic acids is 1. The fraction of sp³-hybridized carbons (Fsp3) is 0.417. The van der Waals surface area contributed by atoms with Gasteiger partial charge in [0.15, 0.2) is 11.6 Å². The van der Waals surface area contributed by atoms with E-state index in [-0.39, 0.29) is 40.3 Å². The third-order valence-corrected chi connectivity index (χ3v) is 7.49. The zero-order valence-corrected chi connectivity index (χ0v) is 21.1. The predicted octanol–water partition coefficient (Wildman–Crippen LogP) is 4.24. The van der Waals surface area contributed by atoms with Crippen LogP contribution in [-0.2, 0) is 16.0 Å². The predicted molar refractivity (Wildman–Crippen MR) is 133 cm³/mol. The Kier molecular flexibility index (Phi) is 9.39.